The van der Waals surface area contributed by atoms with Crippen LogP contribution in [0.15, 0.2) is 101 Å². The topological polar surface area (TPSA) is 20.5 Å². The molecule has 0 aliphatic carbocycles. The molecule has 0 aliphatic heterocycles. The van der Waals surface area contributed by atoms with Crippen molar-refractivity contribution in [3.05, 3.63) is 97.1 Å². The van der Waals surface area contributed by atoms with Crippen molar-refractivity contribution < 1.29 is 9.15 Å². The molecule has 3 aromatic carbocycles. The molecule has 4 aromatic rings. The minimum atomic E-state index is 0.130. The summed E-state index contributed by atoms with van der Waals surface area (Å²) in [5.41, 5.74) is 2.36. The Morgan fingerprint density at radius 1 is 0.607 bits per heavy atom. The van der Waals surface area contributed by atoms with E-state index >= 15 is 0 Å². The van der Waals surface area contributed by atoms with Gasteiger partial charge in [0.05, 0.1) is 0 Å². The Morgan fingerprint density at radius 2 is 1.11 bits per heavy atom. The molecule has 0 aliphatic rings. The predicted molar refractivity (Wildman–Crippen MR) is 118 cm³/mol. The summed E-state index contributed by atoms with van der Waals surface area (Å²) in [5.74, 6) is 0.867. The Hall–Kier alpha value is -2.35. The molecule has 1 aromatic heterocycles. The van der Waals surface area contributed by atoms with Crippen molar-refractivity contribution in [1.82, 2.24) is 0 Å². The van der Waals surface area contributed by atoms with E-state index in [1.807, 2.05) is 12.1 Å². The first-order chi connectivity index (χ1) is 13.8. The normalized spacial score (nSPS) is 10.6. The first-order valence-electron chi connectivity index (χ1n) is 8.88. The van der Waals surface area contributed by atoms with Gasteiger partial charge in [-0.05, 0) is 0 Å². The average molecular weight is 497 g/mol. The number of hydrogen-bond donors (Lipinski definition) is 0. The maximum atomic E-state index is 6.32. The van der Waals surface area contributed by atoms with E-state index in [1.165, 1.54) is 20.1 Å². The molecule has 0 atom stereocenters. The molecule has 0 radical (unpaired) electrons. The molecule has 4 heteroatoms. The molecule has 0 fully saturated rings. The molecular weight excluding hydrogens is 478 g/mol. The number of hydrogen-bond acceptors (Lipinski definition) is 1. The minimum absolute atomic E-state index is 0.130. The fourth-order valence-corrected chi connectivity index (χ4v) is 6.52. The van der Waals surface area contributed by atoms with E-state index in [0.717, 1.165) is 15.1 Å². The summed E-state index contributed by atoms with van der Waals surface area (Å²) >= 11 is 0.260. The van der Waals surface area contributed by atoms with Crippen LogP contribution in [0, 0.1) is 0 Å². The quantitative estimate of drug-likeness (QED) is 0.302. The van der Waals surface area contributed by atoms with Gasteiger partial charge in [-0.25, -0.2) is 0 Å². The van der Waals surface area contributed by atoms with Crippen LogP contribution in [0.5, 0.6) is 5.75 Å². The number of methoxy groups -OCH3 is 1. The van der Waals surface area contributed by atoms with Crippen LogP contribution in [0.1, 0.15) is 0 Å². The van der Waals surface area contributed by atoms with Gasteiger partial charge in [-0.3, -0.25) is 0 Å². The van der Waals surface area contributed by atoms with Gasteiger partial charge in [0, 0.05) is 0 Å². The van der Waals surface area contributed by atoms with E-state index in [0.29, 0.717) is 0 Å². The van der Waals surface area contributed by atoms with E-state index in [-0.39, 0.29) is 29.9 Å². The molecule has 1 heterocycles. The zero-order valence-electron chi connectivity index (χ0n) is 15.4. The zero-order chi connectivity index (χ0) is 19.2. The second kappa shape index (κ2) is 9.23. The molecule has 0 unspecified atom stereocenters. The van der Waals surface area contributed by atoms with Crippen molar-refractivity contribution in [2.24, 2.45) is 0 Å². The van der Waals surface area contributed by atoms with Gasteiger partial charge in [0.25, 0.3) is 0 Å². The van der Waals surface area contributed by atoms with Crippen molar-refractivity contribution >= 4 is 48.2 Å². The maximum absolute atomic E-state index is 6.32. The van der Waals surface area contributed by atoms with Crippen LogP contribution in [0.4, 0.5) is 0 Å². The molecule has 0 saturated heterocycles. The van der Waals surface area contributed by atoms with Gasteiger partial charge in [0.15, 0.2) is 0 Å². The van der Waals surface area contributed by atoms with Crippen LogP contribution in [0.25, 0.3) is 11.1 Å². The monoisotopic (exact) mass is 499 g/mol. The van der Waals surface area contributed by atoms with E-state index in [9.17, 15) is 0 Å². The van der Waals surface area contributed by atoms with E-state index in [1.54, 1.807) is 7.11 Å². The summed E-state index contributed by atoms with van der Waals surface area (Å²) in [7, 11) is 1.69. The Bertz CT molecular complexity index is 973. The van der Waals surface area contributed by atoms with Crippen molar-refractivity contribution in [2.45, 2.75) is 0 Å². The Balaban J connectivity index is 1.71. The van der Waals surface area contributed by atoms with Gasteiger partial charge in [-0.2, -0.15) is 0 Å². The van der Waals surface area contributed by atoms with Crippen LogP contribution in [0.2, 0.25) is 0 Å². The van der Waals surface area contributed by atoms with Gasteiger partial charge >= 0.3 is 178 Å². The molecule has 0 bridgehead atoms. The van der Waals surface area contributed by atoms with Gasteiger partial charge < -0.3 is 0 Å². The van der Waals surface area contributed by atoms with Crippen LogP contribution < -0.4 is 23.0 Å². The number of benzene rings is 3. The standard InChI is InChI=1S/C24H19O2Se2/c1-25-20-14-12-18(13-15-20)19-16-23(27-21-8-4-2-5-9-21)26-24(17-19)28-22-10-6-3-7-11-22/h2-17H,1H3/q+1. The number of rotatable bonds is 6. The number of ether oxygens (including phenoxy) is 1. The molecule has 28 heavy (non-hydrogen) atoms. The summed E-state index contributed by atoms with van der Waals surface area (Å²) in [6.45, 7) is 0. The molecule has 0 saturated carbocycles. The summed E-state index contributed by atoms with van der Waals surface area (Å²) in [6, 6.07) is 33.7. The van der Waals surface area contributed by atoms with Crippen molar-refractivity contribution in [3.63, 3.8) is 0 Å². The summed E-state index contributed by atoms with van der Waals surface area (Å²) in [4.78, 5) is 0. The van der Waals surface area contributed by atoms with Gasteiger partial charge in [-0.15, -0.1) is 0 Å². The first-order valence-corrected chi connectivity index (χ1v) is 12.3. The molecular formula is C24H19O2Se2+. The molecule has 4 rings (SSSR count). The van der Waals surface area contributed by atoms with Crippen LogP contribution >= 0.6 is 0 Å². The Kier molecular flexibility index (Phi) is 6.26. The zero-order valence-corrected chi connectivity index (χ0v) is 18.8. The third-order valence-corrected chi connectivity index (χ3v) is 7.91. The van der Waals surface area contributed by atoms with E-state index in [2.05, 4.69) is 84.9 Å². The second-order valence-corrected chi connectivity index (χ2v) is 10.6. The van der Waals surface area contributed by atoms with Crippen LogP contribution in [-0.4, -0.2) is 37.0 Å². The average Bonchev–Trinajstić information content (AvgIpc) is 2.75. The second-order valence-electron chi connectivity index (χ2n) is 6.04. The molecule has 0 spiro atoms. The molecule has 0 N–H and O–H groups in total. The molecule has 2 nitrogen and oxygen atoms in total. The van der Waals surface area contributed by atoms with Gasteiger partial charge in [0.2, 0.25) is 0 Å². The SMILES string of the molecule is COc1ccc(-c2cc([Se]c3ccccc3)[o+]c([Se]c3ccccc3)c2)cc1. The van der Waals surface area contributed by atoms with Gasteiger partial charge in [-0.1, -0.05) is 0 Å². The van der Waals surface area contributed by atoms with Gasteiger partial charge in [0.1, 0.15) is 0 Å². The summed E-state index contributed by atoms with van der Waals surface area (Å²) in [6.07, 6.45) is 0. The Morgan fingerprint density at radius 3 is 1.57 bits per heavy atom. The molecule has 0 amide bonds. The third-order valence-electron chi connectivity index (χ3n) is 4.09. The predicted octanol–water partition coefficient (Wildman–Crippen LogP) is 2.55. The van der Waals surface area contributed by atoms with Crippen LogP contribution in [-0.2, 0) is 0 Å². The van der Waals surface area contributed by atoms with E-state index < -0.39 is 0 Å². The fraction of sp³-hybridized carbons (Fsp3) is 0.0417. The van der Waals surface area contributed by atoms with Crippen molar-refractivity contribution in [1.29, 1.82) is 0 Å². The van der Waals surface area contributed by atoms with E-state index in [4.69, 9.17) is 9.15 Å². The fourth-order valence-electron chi connectivity index (χ4n) is 2.71. The molecule has 138 valence electrons. The van der Waals surface area contributed by atoms with Crippen molar-refractivity contribution in [2.75, 3.05) is 7.11 Å². The Labute approximate surface area is 177 Å². The summed E-state index contributed by atoms with van der Waals surface area (Å²) < 4.78 is 16.3. The third kappa shape index (κ3) is 4.92. The first kappa shape index (κ1) is 19.0. The van der Waals surface area contributed by atoms with Crippen LogP contribution in [0.3, 0.4) is 0 Å². The van der Waals surface area contributed by atoms with Crippen molar-refractivity contribution in [3.8, 4) is 16.9 Å². The summed E-state index contributed by atoms with van der Waals surface area (Å²) in [5, 5.41) is 0.